The van der Waals surface area contributed by atoms with Gasteiger partial charge in [-0.05, 0) is 57.2 Å². The molecule has 2 atom stereocenters. The number of piperidine rings is 3. The fraction of sp³-hybridized carbons (Fsp3) is 0.750. The van der Waals surface area contributed by atoms with Gasteiger partial charge in [-0.25, -0.2) is 4.79 Å². The van der Waals surface area contributed by atoms with E-state index in [1.807, 2.05) is 0 Å². The second kappa shape index (κ2) is 7.29. The highest BCUT2D eigenvalue weighted by Gasteiger charge is 2.47. The van der Waals surface area contributed by atoms with Crippen molar-refractivity contribution in [3.63, 3.8) is 0 Å². The van der Waals surface area contributed by atoms with Gasteiger partial charge in [-0.1, -0.05) is 37.7 Å². The van der Waals surface area contributed by atoms with E-state index in [0.29, 0.717) is 11.5 Å². The van der Waals surface area contributed by atoms with Gasteiger partial charge in [0.15, 0.2) is 0 Å². The SMILES string of the molecule is C=C(C)C#C[C@](O)(C(=O)O[C@H]1CN2CCC1CC2)C1CCCCC1. The molecular formula is C20H29NO3. The third-order valence-corrected chi connectivity index (χ3v) is 5.83. The second-order valence-electron chi connectivity index (χ2n) is 7.71. The number of fused-ring (bicyclic) bond motifs is 3. The van der Waals surface area contributed by atoms with Gasteiger partial charge in [-0.3, -0.25) is 4.90 Å². The number of hydrogen-bond acceptors (Lipinski definition) is 4. The number of nitrogens with zero attached hydrogens (tertiary/aromatic N) is 1. The number of carbonyl (C=O) groups excluding carboxylic acids is 1. The lowest BCUT2D eigenvalue weighted by Gasteiger charge is -2.45. The van der Waals surface area contributed by atoms with Crippen LogP contribution in [0.4, 0.5) is 0 Å². The minimum atomic E-state index is -1.69. The van der Waals surface area contributed by atoms with Crippen LogP contribution in [-0.2, 0) is 9.53 Å². The highest BCUT2D eigenvalue weighted by atomic mass is 16.6. The molecule has 2 bridgehead atoms. The molecule has 1 aliphatic carbocycles. The zero-order valence-corrected chi connectivity index (χ0v) is 14.7. The van der Waals surface area contributed by atoms with Crippen LogP contribution >= 0.6 is 0 Å². The number of rotatable bonds is 3. The first-order chi connectivity index (χ1) is 11.5. The normalized spacial score (nSPS) is 32.3. The average Bonchev–Trinajstić information content (AvgIpc) is 2.61. The van der Waals surface area contributed by atoms with Crippen LogP contribution in [0.5, 0.6) is 0 Å². The minimum absolute atomic E-state index is 0.0956. The maximum Gasteiger partial charge on any atom is 0.351 e. The van der Waals surface area contributed by atoms with E-state index in [2.05, 4.69) is 23.3 Å². The minimum Gasteiger partial charge on any atom is -0.458 e. The molecule has 1 saturated carbocycles. The number of esters is 1. The summed E-state index contributed by atoms with van der Waals surface area (Å²) in [5, 5.41) is 11.2. The monoisotopic (exact) mass is 331 g/mol. The molecule has 3 saturated heterocycles. The molecule has 0 unspecified atom stereocenters. The fourth-order valence-electron chi connectivity index (χ4n) is 4.31. The van der Waals surface area contributed by atoms with Gasteiger partial charge in [0.05, 0.1) is 0 Å². The summed E-state index contributed by atoms with van der Waals surface area (Å²) in [6.07, 6.45) is 6.96. The first-order valence-corrected chi connectivity index (χ1v) is 9.33. The summed E-state index contributed by atoms with van der Waals surface area (Å²) in [4.78, 5) is 15.2. The van der Waals surface area contributed by atoms with Gasteiger partial charge in [-0.15, -0.1) is 0 Å². The summed E-state index contributed by atoms with van der Waals surface area (Å²) in [5.41, 5.74) is -1.04. The smallest absolute Gasteiger partial charge is 0.351 e. The Bertz CT molecular complexity index is 547. The van der Waals surface area contributed by atoms with Crippen LogP contribution < -0.4 is 0 Å². The molecule has 24 heavy (non-hydrogen) atoms. The number of hydrogen-bond donors (Lipinski definition) is 1. The highest BCUT2D eigenvalue weighted by molar-refractivity contribution is 5.84. The zero-order valence-electron chi connectivity index (χ0n) is 14.7. The second-order valence-corrected chi connectivity index (χ2v) is 7.71. The molecule has 4 aliphatic rings. The molecule has 4 rings (SSSR count). The van der Waals surface area contributed by atoms with E-state index in [1.165, 1.54) is 0 Å². The molecule has 132 valence electrons. The summed E-state index contributed by atoms with van der Waals surface area (Å²) in [6.45, 7) is 8.54. The molecule has 3 heterocycles. The number of allylic oxidation sites excluding steroid dienone is 1. The third-order valence-electron chi connectivity index (χ3n) is 5.83. The molecule has 3 aliphatic heterocycles. The van der Waals surface area contributed by atoms with Crippen molar-refractivity contribution in [2.45, 2.75) is 63.6 Å². The summed E-state index contributed by atoms with van der Waals surface area (Å²) in [7, 11) is 0. The van der Waals surface area contributed by atoms with Crippen LogP contribution in [0.3, 0.4) is 0 Å². The molecule has 4 fully saturated rings. The summed E-state index contributed by atoms with van der Waals surface area (Å²) < 4.78 is 5.81. The predicted molar refractivity (Wildman–Crippen MR) is 93.2 cm³/mol. The molecule has 4 heteroatoms. The van der Waals surface area contributed by atoms with Crippen molar-refractivity contribution >= 4 is 5.97 Å². The Morgan fingerprint density at radius 1 is 1.21 bits per heavy atom. The fourth-order valence-corrected chi connectivity index (χ4v) is 4.31. The molecule has 0 amide bonds. The largest absolute Gasteiger partial charge is 0.458 e. The Morgan fingerprint density at radius 3 is 2.42 bits per heavy atom. The Morgan fingerprint density at radius 2 is 1.88 bits per heavy atom. The summed E-state index contributed by atoms with van der Waals surface area (Å²) in [6, 6.07) is 0. The molecule has 0 spiro atoms. The quantitative estimate of drug-likeness (QED) is 0.638. The van der Waals surface area contributed by atoms with Crippen LogP contribution in [0.1, 0.15) is 51.9 Å². The lowest BCUT2D eigenvalue weighted by Crippen LogP contribution is -2.55. The van der Waals surface area contributed by atoms with Crippen molar-refractivity contribution in [2.24, 2.45) is 11.8 Å². The Kier molecular flexibility index (Phi) is 5.32. The van der Waals surface area contributed by atoms with E-state index < -0.39 is 11.6 Å². The van der Waals surface area contributed by atoms with Crippen LogP contribution in [0.2, 0.25) is 0 Å². The van der Waals surface area contributed by atoms with Gasteiger partial charge < -0.3 is 9.84 Å². The van der Waals surface area contributed by atoms with Gasteiger partial charge in [0, 0.05) is 12.5 Å². The van der Waals surface area contributed by atoms with Crippen LogP contribution in [0.25, 0.3) is 0 Å². The van der Waals surface area contributed by atoms with Gasteiger partial charge in [0.2, 0.25) is 5.60 Å². The van der Waals surface area contributed by atoms with E-state index in [-0.39, 0.29) is 12.0 Å². The average molecular weight is 331 g/mol. The Labute approximate surface area is 145 Å². The van der Waals surface area contributed by atoms with Crippen molar-refractivity contribution in [1.29, 1.82) is 0 Å². The summed E-state index contributed by atoms with van der Waals surface area (Å²) >= 11 is 0. The zero-order chi connectivity index (χ0) is 17.2. The van der Waals surface area contributed by atoms with Crippen molar-refractivity contribution in [3.8, 4) is 11.8 Å². The van der Waals surface area contributed by atoms with E-state index in [0.717, 1.165) is 64.6 Å². The van der Waals surface area contributed by atoms with Crippen LogP contribution in [0.15, 0.2) is 12.2 Å². The van der Waals surface area contributed by atoms with E-state index >= 15 is 0 Å². The van der Waals surface area contributed by atoms with E-state index in [9.17, 15) is 9.90 Å². The maximum absolute atomic E-state index is 12.9. The molecule has 4 nitrogen and oxygen atoms in total. The first kappa shape index (κ1) is 17.5. The number of aliphatic hydroxyl groups is 1. The van der Waals surface area contributed by atoms with Gasteiger partial charge in [0.1, 0.15) is 6.10 Å². The Hall–Kier alpha value is -1.31. The van der Waals surface area contributed by atoms with Crippen molar-refractivity contribution in [2.75, 3.05) is 19.6 Å². The molecule has 0 radical (unpaired) electrons. The number of ether oxygens (including phenoxy) is 1. The maximum atomic E-state index is 12.9. The molecule has 0 aromatic heterocycles. The van der Waals surface area contributed by atoms with Crippen molar-refractivity contribution < 1.29 is 14.6 Å². The molecular weight excluding hydrogens is 302 g/mol. The Balaban J connectivity index is 1.75. The predicted octanol–water partition coefficient (Wildman–Crippen LogP) is 2.51. The number of carbonyl (C=O) groups is 1. The van der Waals surface area contributed by atoms with Crippen LogP contribution in [0, 0.1) is 23.7 Å². The van der Waals surface area contributed by atoms with Gasteiger partial charge in [0.25, 0.3) is 0 Å². The van der Waals surface area contributed by atoms with E-state index in [1.54, 1.807) is 6.92 Å². The van der Waals surface area contributed by atoms with E-state index in [4.69, 9.17) is 4.74 Å². The topological polar surface area (TPSA) is 49.8 Å². The lowest BCUT2D eigenvalue weighted by molar-refractivity contribution is -0.180. The van der Waals surface area contributed by atoms with Gasteiger partial charge in [-0.2, -0.15) is 0 Å². The van der Waals surface area contributed by atoms with Crippen LogP contribution in [-0.4, -0.2) is 47.3 Å². The standard InChI is InChI=1S/C20H29NO3/c1-15(2)8-11-20(23,17-6-4-3-5-7-17)19(22)24-18-14-21-12-9-16(18)10-13-21/h16-18,23H,1,3-7,9-10,12-14H2,2H3/t18-,20+/m0/s1. The third kappa shape index (κ3) is 3.68. The van der Waals surface area contributed by atoms with Gasteiger partial charge >= 0.3 is 5.97 Å². The summed E-state index contributed by atoms with van der Waals surface area (Å²) in [5.74, 6) is 5.41. The highest BCUT2D eigenvalue weighted by Crippen LogP contribution is 2.36. The first-order valence-electron chi connectivity index (χ1n) is 9.33. The molecule has 0 aromatic rings. The van der Waals surface area contributed by atoms with Crippen molar-refractivity contribution in [3.05, 3.63) is 12.2 Å². The lowest BCUT2D eigenvalue weighted by atomic mass is 9.77. The van der Waals surface area contributed by atoms with Crippen molar-refractivity contribution in [1.82, 2.24) is 4.90 Å². The molecule has 0 aromatic carbocycles. The molecule has 1 N–H and O–H groups in total.